The van der Waals surface area contributed by atoms with Crippen molar-refractivity contribution in [3.63, 3.8) is 0 Å². The van der Waals surface area contributed by atoms with Gasteiger partial charge in [0.05, 0.1) is 19.2 Å². The first-order valence-corrected chi connectivity index (χ1v) is 9.30. The number of nitrogens with zero attached hydrogens (tertiary/aromatic N) is 2. The Labute approximate surface area is 182 Å². The Balaban J connectivity index is 0.00000420. The molecule has 157 valence electrons. The molecule has 0 bridgehead atoms. The van der Waals surface area contributed by atoms with Gasteiger partial charge in [-0.2, -0.15) is 0 Å². The molecule has 2 rings (SSSR count). The Morgan fingerprint density at radius 1 is 0.759 bits per heavy atom. The van der Waals surface area contributed by atoms with Gasteiger partial charge in [-0.1, -0.05) is 60.7 Å². The van der Waals surface area contributed by atoms with Crippen LogP contribution in [0.4, 0.5) is 0 Å². The minimum atomic E-state index is -0.747. The van der Waals surface area contributed by atoms with Crippen LogP contribution in [0.1, 0.15) is 47.4 Å². The Bertz CT molecular complexity index is 777. The molecule has 1 radical (unpaired) electrons. The summed E-state index contributed by atoms with van der Waals surface area (Å²) in [6, 6.07) is 18.1. The number of ketones is 2. The van der Waals surface area contributed by atoms with Crippen molar-refractivity contribution in [3.05, 3.63) is 71.8 Å². The maximum atomic E-state index is 12.1. The van der Waals surface area contributed by atoms with E-state index in [2.05, 4.69) is 9.98 Å². The SMILES string of the molecule is CC(CC(=O)c1ccccc1)=NCC(O)CN=C(C)CC(=O)c1ccccc1.[Cu]. The van der Waals surface area contributed by atoms with E-state index in [1.165, 1.54) is 0 Å². The standard InChI is InChI=1S/C23H26N2O3.Cu/c1-17(13-22(27)19-9-5-3-6-10-19)24-15-21(26)16-25-18(2)14-23(28)20-11-7-4-8-12-20;/h3-12,21,26H,13-16H2,1-2H3;. The van der Waals surface area contributed by atoms with Gasteiger partial charge in [0.15, 0.2) is 11.6 Å². The fourth-order valence-corrected chi connectivity index (χ4v) is 2.61. The third-order valence-electron chi connectivity index (χ3n) is 4.17. The van der Waals surface area contributed by atoms with Gasteiger partial charge in [-0.25, -0.2) is 0 Å². The van der Waals surface area contributed by atoms with Crippen LogP contribution in [0.25, 0.3) is 0 Å². The maximum absolute atomic E-state index is 12.1. The summed E-state index contributed by atoms with van der Waals surface area (Å²) >= 11 is 0. The molecule has 1 N–H and O–H groups in total. The van der Waals surface area contributed by atoms with Crippen molar-refractivity contribution >= 4 is 23.0 Å². The molecule has 5 nitrogen and oxygen atoms in total. The van der Waals surface area contributed by atoms with Crippen LogP contribution in [0, 0.1) is 0 Å². The number of rotatable bonds is 10. The van der Waals surface area contributed by atoms with Gasteiger partial charge < -0.3 is 5.11 Å². The van der Waals surface area contributed by atoms with Crippen LogP contribution in [0.15, 0.2) is 70.6 Å². The minimum Gasteiger partial charge on any atom is -0.389 e. The molecule has 0 saturated heterocycles. The molecule has 0 aromatic heterocycles. The van der Waals surface area contributed by atoms with E-state index < -0.39 is 6.10 Å². The summed E-state index contributed by atoms with van der Waals surface area (Å²) < 4.78 is 0. The topological polar surface area (TPSA) is 79.1 Å². The van der Waals surface area contributed by atoms with Gasteiger partial charge in [-0.15, -0.1) is 0 Å². The summed E-state index contributed by atoms with van der Waals surface area (Å²) in [5.74, 6) is 0.00857. The zero-order valence-corrected chi connectivity index (χ0v) is 17.6. The number of aliphatic hydroxyl groups is 1. The number of carbonyl (C=O) groups is 2. The average molecular weight is 442 g/mol. The quantitative estimate of drug-likeness (QED) is 0.346. The third kappa shape index (κ3) is 9.09. The molecule has 2 aromatic rings. The smallest absolute Gasteiger partial charge is 0.168 e. The van der Waals surface area contributed by atoms with Crippen LogP contribution in [-0.2, 0) is 17.1 Å². The van der Waals surface area contributed by atoms with Gasteiger partial charge >= 0.3 is 0 Å². The Kier molecular flexibility index (Phi) is 11.0. The molecule has 6 heteroatoms. The van der Waals surface area contributed by atoms with E-state index in [-0.39, 0.29) is 54.6 Å². The van der Waals surface area contributed by atoms with Crippen molar-refractivity contribution in [3.8, 4) is 0 Å². The Hall–Kier alpha value is -2.40. The van der Waals surface area contributed by atoms with Crippen LogP contribution in [-0.4, -0.2) is 47.3 Å². The summed E-state index contributed by atoms with van der Waals surface area (Å²) in [4.78, 5) is 32.8. The van der Waals surface area contributed by atoms with Gasteiger partial charge in [0.2, 0.25) is 0 Å². The predicted molar refractivity (Wildman–Crippen MR) is 113 cm³/mol. The summed E-state index contributed by atoms with van der Waals surface area (Å²) in [6.07, 6.45) is -0.293. The van der Waals surface area contributed by atoms with Gasteiger partial charge in [0.25, 0.3) is 0 Å². The second-order valence-corrected chi connectivity index (χ2v) is 6.74. The first-order chi connectivity index (χ1) is 13.5. The second-order valence-electron chi connectivity index (χ2n) is 6.74. The van der Waals surface area contributed by atoms with Crippen molar-refractivity contribution in [1.29, 1.82) is 0 Å². The number of aliphatic imine (C=N–C) groups is 2. The molecule has 2 aromatic carbocycles. The first-order valence-electron chi connectivity index (χ1n) is 9.30. The van der Waals surface area contributed by atoms with Crippen LogP contribution in [0.5, 0.6) is 0 Å². The van der Waals surface area contributed by atoms with E-state index in [4.69, 9.17) is 0 Å². The molecule has 0 fully saturated rings. The molecule has 0 unspecified atom stereocenters. The first kappa shape index (κ1) is 24.6. The normalized spacial score (nSPS) is 12.8. The molecule has 29 heavy (non-hydrogen) atoms. The molecule has 0 saturated carbocycles. The zero-order chi connectivity index (χ0) is 20.4. The third-order valence-corrected chi connectivity index (χ3v) is 4.17. The average Bonchev–Trinajstić information content (AvgIpc) is 2.72. The summed E-state index contributed by atoms with van der Waals surface area (Å²) in [6.45, 7) is 3.91. The van der Waals surface area contributed by atoms with Crippen molar-refractivity contribution in [2.75, 3.05) is 13.1 Å². The van der Waals surface area contributed by atoms with E-state index in [1.54, 1.807) is 38.1 Å². The Morgan fingerprint density at radius 2 is 1.10 bits per heavy atom. The van der Waals surface area contributed by atoms with Crippen molar-refractivity contribution in [2.24, 2.45) is 9.98 Å². The summed E-state index contributed by atoms with van der Waals surface area (Å²) in [5, 5.41) is 10.1. The van der Waals surface area contributed by atoms with Gasteiger partial charge in [0.1, 0.15) is 0 Å². The summed E-state index contributed by atoms with van der Waals surface area (Å²) in [5.41, 5.74) is 2.66. The van der Waals surface area contributed by atoms with Crippen LogP contribution in [0.3, 0.4) is 0 Å². The van der Waals surface area contributed by atoms with E-state index >= 15 is 0 Å². The molecule has 0 heterocycles. The van der Waals surface area contributed by atoms with E-state index in [0.29, 0.717) is 22.6 Å². The van der Waals surface area contributed by atoms with Gasteiger partial charge in [0, 0.05) is 52.5 Å². The molecule has 0 atom stereocenters. The number of hydrogen-bond acceptors (Lipinski definition) is 5. The van der Waals surface area contributed by atoms with E-state index in [1.807, 2.05) is 36.4 Å². The van der Waals surface area contributed by atoms with Crippen LogP contribution in [0.2, 0.25) is 0 Å². The predicted octanol–water partition coefficient (Wildman–Crippen LogP) is 3.81. The van der Waals surface area contributed by atoms with E-state index in [0.717, 1.165) is 0 Å². The molecule has 0 amide bonds. The zero-order valence-electron chi connectivity index (χ0n) is 16.6. The van der Waals surface area contributed by atoms with E-state index in [9.17, 15) is 14.7 Å². The fraction of sp³-hybridized carbons (Fsp3) is 0.304. The molecule has 0 spiro atoms. The summed E-state index contributed by atoms with van der Waals surface area (Å²) in [7, 11) is 0. The number of aliphatic hydroxyl groups excluding tert-OH is 1. The largest absolute Gasteiger partial charge is 0.389 e. The monoisotopic (exact) mass is 441 g/mol. The molecular weight excluding hydrogens is 416 g/mol. The molecule has 0 aliphatic carbocycles. The van der Waals surface area contributed by atoms with Crippen molar-refractivity contribution in [2.45, 2.75) is 32.8 Å². The number of carbonyl (C=O) groups excluding carboxylic acids is 2. The second kappa shape index (κ2) is 12.9. The van der Waals surface area contributed by atoms with Crippen molar-refractivity contribution < 1.29 is 31.8 Å². The van der Waals surface area contributed by atoms with Gasteiger partial charge in [-0.05, 0) is 13.8 Å². The van der Waals surface area contributed by atoms with Crippen molar-refractivity contribution in [1.82, 2.24) is 0 Å². The van der Waals surface area contributed by atoms with Gasteiger partial charge in [-0.3, -0.25) is 19.6 Å². The number of hydrogen-bond donors (Lipinski definition) is 1. The molecular formula is C23H26CuN2O3. The Morgan fingerprint density at radius 3 is 1.45 bits per heavy atom. The van der Waals surface area contributed by atoms with Crippen LogP contribution >= 0.6 is 0 Å². The maximum Gasteiger partial charge on any atom is 0.168 e. The van der Waals surface area contributed by atoms with Crippen LogP contribution < -0.4 is 0 Å². The molecule has 0 aliphatic rings. The number of Topliss-reactive ketones (excluding diaryl/α,β-unsaturated/α-hetero) is 2. The number of benzene rings is 2. The molecule has 0 aliphatic heterocycles. The fourth-order valence-electron chi connectivity index (χ4n) is 2.61. The minimum absolute atomic E-state index is 0.